The quantitative estimate of drug-likeness (QED) is 0.875. The van der Waals surface area contributed by atoms with Crippen LogP contribution in [-0.4, -0.2) is 41.5 Å². The van der Waals surface area contributed by atoms with Gasteiger partial charge in [-0.05, 0) is 44.0 Å². The molecule has 4 heterocycles. The second-order valence-electron chi connectivity index (χ2n) is 6.04. The van der Waals surface area contributed by atoms with E-state index in [2.05, 4.69) is 15.2 Å². The van der Waals surface area contributed by atoms with Crippen LogP contribution < -0.4 is 11.1 Å². The Bertz CT molecular complexity index is 736. The Kier molecular flexibility index (Phi) is 3.04. The molecule has 3 N–H and O–H groups in total. The van der Waals surface area contributed by atoms with Crippen LogP contribution in [0.25, 0.3) is 11.1 Å². The molecule has 0 unspecified atom stereocenters. The zero-order chi connectivity index (χ0) is 15.3. The molecular weight excluding hydrogens is 287 g/mol. The fourth-order valence-electron chi connectivity index (χ4n) is 3.55. The normalized spacial score (nSPS) is 27.2. The van der Waals surface area contributed by atoms with Gasteiger partial charge in [0.1, 0.15) is 5.52 Å². The number of carbonyl (C=O) groups excluding carboxylic acids is 1. The van der Waals surface area contributed by atoms with Gasteiger partial charge >= 0.3 is 0 Å². The first-order valence-electron chi connectivity index (χ1n) is 7.49. The summed E-state index contributed by atoms with van der Waals surface area (Å²) in [7, 11) is 0. The number of fused-ring (bicyclic) bond motifs is 4. The van der Waals surface area contributed by atoms with E-state index in [0.717, 1.165) is 32.5 Å². The van der Waals surface area contributed by atoms with E-state index in [9.17, 15) is 9.18 Å². The maximum absolute atomic E-state index is 13.7. The van der Waals surface area contributed by atoms with Gasteiger partial charge in [-0.25, -0.2) is 4.39 Å². The highest BCUT2D eigenvalue weighted by Gasteiger charge is 2.35. The van der Waals surface area contributed by atoms with E-state index in [0.29, 0.717) is 11.5 Å². The largest absolute Gasteiger partial charge is 0.421 e. The van der Waals surface area contributed by atoms with E-state index < -0.39 is 5.82 Å². The predicted molar refractivity (Wildman–Crippen MR) is 78.8 cm³/mol. The molecule has 0 radical (unpaired) electrons. The number of amides is 1. The first kappa shape index (κ1) is 13.5. The molecule has 3 aliphatic rings. The minimum Gasteiger partial charge on any atom is -0.421 e. The summed E-state index contributed by atoms with van der Waals surface area (Å²) in [6, 6.07) is 2.63. The van der Waals surface area contributed by atoms with Crippen molar-refractivity contribution in [3.8, 4) is 0 Å². The topological polar surface area (TPSA) is 84.4 Å². The SMILES string of the molecule is Nc1nc2c(C(=O)N[C@@H]3CN4CCC3CC4)ccc(F)c2o1. The lowest BCUT2D eigenvalue weighted by molar-refractivity contribution is 0.0621. The summed E-state index contributed by atoms with van der Waals surface area (Å²) in [4.78, 5) is 18.8. The van der Waals surface area contributed by atoms with E-state index in [1.165, 1.54) is 12.1 Å². The molecule has 1 atom stereocenters. The van der Waals surface area contributed by atoms with Gasteiger partial charge in [-0.2, -0.15) is 4.98 Å². The van der Waals surface area contributed by atoms with Crippen molar-refractivity contribution < 1.29 is 13.6 Å². The summed E-state index contributed by atoms with van der Waals surface area (Å²) < 4.78 is 18.7. The van der Waals surface area contributed by atoms with Crippen LogP contribution in [0.15, 0.2) is 16.5 Å². The lowest BCUT2D eigenvalue weighted by Gasteiger charge is -2.44. The number of nitrogens with zero attached hydrogens (tertiary/aromatic N) is 2. The van der Waals surface area contributed by atoms with E-state index in [1.807, 2.05) is 0 Å². The van der Waals surface area contributed by atoms with Gasteiger partial charge in [0.15, 0.2) is 11.4 Å². The van der Waals surface area contributed by atoms with Crippen molar-refractivity contribution in [2.24, 2.45) is 5.92 Å². The van der Waals surface area contributed by atoms with Crippen LogP contribution in [0.2, 0.25) is 0 Å². The molecule has 116 valence electrons. The number of aromatic nitrogens is 1. The van der Waals surface area contributed by atoms with Crippen LogP contribution in [0, 0.1) is 11.7 Å². The minimum atomic E-state index is -0.571. The fourth-order valence-corrected chi connectivity index (χ4v) is 3.55. The lowest BCUT2D eigenvalue weighted by Crippen LogP contribution is -2.57. The van der Waals surface area contributed by atoms with Crippen molar-refractivity contribution in [2.45, 2.75) is 18.9 Å². The maximum atomic E-state index is 13.7. The first-order chi connectivity index (χ1) is 10.6. The second-order valence-corrected chi connectivity index (χ2v) is 6.04. The highest BCUT2D eigenvalue weighted by molar-refractivity contribution is 6.05. The Morgan fingerprint density at radius 2 is 2.18 bits per heavy atom. The summed E-state index contributed by atoms with van der Waals surface area (Å²) >= 11 is 0. The molecule has 1 amide bonds. The van der Waals surface area contributed by atoms with Gasteiger partial charge in [-0.1, -0.05) is 0 Å². The number of benzene rings is 1. The van der Waals surface area contributed by atoms with Gasteiger partial charge < -0.3 is 20.4 Å². The van der Waals surface area contributed by atoms with Crippen molar-refractivity contribution in [2.75, 3.05) is 25.4 Å². The number of halogens is 1. The Morgan fingerprint density at radius 3 is 2.86 bits per heavy atom. The van der Waals surface area contributed by atoms with Crippen molar-refractivity contribution in [3.63, 3.8) is 0 Å². The van der Waals surface area contributed by atoms with Crippen LogP contribution >= 0.6 is 0 Å². The predicted octanol–water partition coefficient (Wildman–Crippen LogP) is 1.37. The van der Waals surface area contributed by atoms with Gasteiger partial charge in [0, 0.05) is 12.6 Å². The highest BCUT2D eigenvalue weighted by atomic mass is 19.1. The first-order valence-corrected chi connectivity index (χ1v) is 7.49. The Hall–Kier alpha value is -2.15. The molecule has 2 aromatic rings. The molecule has 0 spiro atoms. The van der Waals surface area contributed by atoms with E-state index in [4.69, 9.17) is 10.2 Å². The number of hydrogen-bond acceptors (Lipinski definition) is 5. The summed E-state index contributed by atoms with van der Waals surface area (Å²) in [6.07, 6.45) is 2.22. The van der Waals surface area contributed by atoms with Crippen LogP contribution in [0.3, 0.4) is 0 Å². The van der Waals surface area contributed by atoms with Gasteiger partial charge in [0.05, 0.1) is 5.56 Å². The Labute approximate surface area is 126 Å². The third kappa shape index (κ3) is 2.12. The summed E-state index contributed by atoms with van der Waals surface area (Å²) in [5.74, 6) is -0.303. The van der Waals surface area contributed by atoms with Gasteiger partial charge in [-0.3, -0.25) is 4.79 Å². The van der Waals surface area contributed by atoms with Gasteiger partial charge in [0.25, 0.3) is 11.9 Å². The molecule has 3 saturated heterocycles. The number of anilines is 1. The fraction of sp³-hybridized carbons (Fsp3) is 0.467. The molecule has 0 saturated carbocycles. The third-order valence-corrected chi connectivity index (χ3v) is 4.73. The zero-order valence-electron chi connectivity index (χ0n) is 12.0. The molecule has 7 heteroatoms. The maximum Gasteiger partial charge on any atom is 0.293 e. The number of nitrogens with two attached hydrogens (primary N) is 1. The standard InChI is InChI=1S/C15H17FN4O2/c16-10-2-1-9(12-13(10)22-15(17)19-12)14(21)18-11-7-20-5-3-8(11)4-6-20/h1-2,8,11H,3-7H2,(H2,17,19)(H,18,21)/t11-/m1/s1. The number of oxazole rings is 1. The molecule has 1 aromatic carbocycles. The average Bonchev–Trinajstić information content (AvgIpc) is 2.91. The number of nitrogen functional groups attached to an aromatic ring is 1. The average molecular weight is 304 g/mol. The van der Waals surface area contributed by atoms with Crippen molar-refractivity contribution in [3.05, 3.63) is 23.5 Å². The van der Waals surface area contributed by atoms with Crippen LogP contribution in [-0.2, 0) is 0 Å². The molecule has 22 heavy (non-hydrogen) atoms. The van der Waals surface area contributed by atoms with Crippen molar-refractivity contribution in [1.29, 1.82) is 0 Å². The molecule has 1 aromatic heterocycles. The zero-order valence-corrected chi connectivity index (χ0v) is 12.0. The monoisotopic (exact) mass is 304 g/mol. The number of nitrogens with one attached hydrogen (secondary N) is 1. The molecule has 6 nitrogen and oxygen atoms in total. The van der Waals surface area contributed by atoms with E-state index in [-0.39, 0.29) is 29.1 Å². The number of piperidine rings is 3. The number of rotatable bonds is 2. The summed E-state index contributed by atoms with van der Waals surface area (Å²) in [5.41, 5.74) is 5.89. The van der Waals surface area contributed by atoms with Gasteiger partial charge in [0.2, 0.25) is 0 Å². The summed E-state index contributed by atoms with van der Waals surface area (Å²) in [5, 5.41) is 3.06. The molecule has 3 fully saturated rings. The number of hydrogen-bond donors (Lipinski definition) is 2. The minimum absolute atomic E-state index is 0.0703. The lowest BCUT2D eigenvalue weighted by atomic mass is 9.84. The Balaban J connectivity index is 1.62. The molecule has 3 aliphatic heterocycles. The van der Waals surface area contributed by atoms with Crippen LogP contribution in [0.5, 0.6) is 0 Å². The van der Waals surface area contributed by atoms with E-state index in [1.54, 1.807) is 0 Å². The molecule has 2 bridgehead atoms. The van der Waals surface area contributed by atoms with Crippen LogP contribution in [0.1, 0.15) is 23.2 Å². The third-order valence-electron chi connectivity index (χ3n) is 4.73. The Morgan fingerprint density at radius 1 is 1.41 bits per heavy atom. The van der Waals surface area contributed by atoms with Gasteiger partial charge in [-0.15, -0.1) is 0 Å². The van der Waals surface area contributed by atoms with E-state index >= 15 is 0 Å². The highest BCUT2D eigenvalue weighted by Crippen LogP contribution is 2.28. The molecule has 5 rings (SSSR count). The van der Waals surface area contributed by atoms with Crippen molar-refractivity contribution >= 4 is 23.0 Å². The summed E-state index contributed by atoms with van der Waals surface area (Å²) in [6.45, 7) is 3.09. The van der Waals surface area contributed by atoms with Crippen LogP contribution in [0.4, 0.5) is 10.4 Å². The number of carbonyl (C=O) groups is 1. The molecule has 0 aliphatic carbocycles. The van der Waals surface area contributed by atoms with Crippen molar-refractivity contribution in [1.82, 2.24) is 15.2 Å². The smallest absolute Gasteiger partial charge is 0.293 e. The second kappa shape index (κ2) is 4.95. The molecular formula is C15H17FN4O2.